The predicted octanol–water partition coefficient (Wildman–Crippen LogP) is 3.98. The first-order valence-electron chi connectivity index (χ1n) is 8.19. The maximum absolute atomic E-state index is 6.15. The first-order chi connectivity index (χ1) is 9.69. The smallest absolute Gasteiger partial charge is 0.0363 e. The third-order valence-electron chi connectivity index (χ3n) is 4.96. The highest BCUT2D eigenvalue weighted by molar-refractivity contribution is 5.47. The van der Waals surface area contributed by atoms with Crippen molar-refractivity contribution in [2.75, 3.05) is 25.0 Å². The summed E-state index contributed by atoms with van der Waals surface area (Å²) in [6, 6.07) is 8.99. The second-order valence-corrected chi connectivity index (χ2v) is 6.49. The van der Waals surface area contributed by atoms with Crippen LogP contribution in [0.15, 0.2) is 24.3 Å². The highest BCUT2D eigenvalue weighted by Crippen LogP contribution is 2.35. The van der Waals surface area contributed by atoms with Crippen molar-refractivity contribution in [3.05, 3.63) is 29.8 Å². The van der Waals surface area contributed by atoms with Crippen LogP contribution in [-0.2, 0) is 6.42 Å². The molecule has 0 bridgehead atoms. The van der Waals surface area contributed by atoms with Crippen molar-refractivity contribution in [2.45, 2.75) is 51.9 Å². The first kappa shape index (κ1) is 15.4. The largest absolute Gasteiger partial charge is 0.374 e. The van der Waals surface area contributed by atoms with Gasteiger partial charge in [0.25, 0.3) is 0 Å². The molecule has 2 heteroatoms. The zero-order valence-electron chi connectivity index (χ0n) is 13.2. The van der Waals surface area contributed by atoms with Crippen molar-refractivity contribution in [3.8, 4) is 0 Å². The minimum absolute atomic E-state index is 0.328. The van der Waals surface area contributed by atoms with Gasteiger partial charge in [-0.05, 0) is 43.5 Å². The maximum Gasteiger partial charge on any atom is 0.0363 e. The molecule has 0 atom stereocenters. The third-order valence-corrected chi connectivity index (χ3v) is 4.96. The van der Waals surface area contributed by atoms with E-state index in [1.807, 2.05) is 0 Å². The normalized spacial score (nSPS) is 18.6. The molecule has 112 valence electrons. The van der Waals surface area contributed by atoms with Gasteiger partial charge in [-0.25, -0.2) is 0 Å². The number of nitrogens with two attached hydrogens (primary N) is 1. The lowest BCUT2D eigenvalue weighted by molar-refractivity contribution is 0.262. The minimum Gasteiger partial charge on any atom is -0.374 e. The van der Waals surface area contributed by atoms with Crippen molar-refractivity contribution in [1.82, 2.24) is 0 Å². The minimum atomic E-state index is 0.328. The molecule has 2 N–H and O–H groups in total. The molecule has 0 unspecified atom stereocenters. The highest BCUT2D eigenvalue weighted by Gasteiger charge is 2.30. The molecule has 1 aliphatic carbocycles. The molecule has 20 heavy (non-hydrogen) atoms. The number of rotatable bonds is 5. The van der Waals surface area contributed by atoms with Gasteiger partial charge in [0.1, 0.15) is 0 Å². The van der Waals surface area contributed by atoms with E-state index in [1.54, 1.807) is 0 Å². The molecule has 1 aliphatic rings. The quantitative estimate of drug-likeness (QED) is 0.823. The zero-order chi connectivity index (χ0) is 14.4. The summed E-state index contributed by atoms with van der Waals surface area (Å²) >= 11 is 0. The fourth-order valence-corrected chi connectivity index (χ4v) is 3.49. The zero-order valence-corrected chi connectivity index (χ0v) is 13.2. The topological polar surface area (TPSA) is 29.3 Å². The van der Waals surface area contributed by atoms with Crippen molar-refractivity contribution in [1.29, 1.82) is 0 Å². The van der Waals surface area contributed by atoms with Crippen LogP contribution in [0.4, 0.5) is 5.69 Å². The number of nitrogens with zero attached hydrogens (tertiary/aromatic N) is 1. The van der Waals surface area contributed by atoms with Crippen molar-refractivity contribution >= 4 is 5.69 Å². The summed E-state index contributed by atoms with van der Waals surface area (Å²) < 4.78 is 0. The molecule has 0 aliphatic heterocycles. The van der Waals surface area contributed by atoms with Gasteiger partial charge in [-0.15, -0.1) is 0 Å². The van der Waals surface area contributed by atoms with Crippen LogP contribution < -0.4 is 10.6 Å². The van der Waals surface area contributed by atoms with E-state index < -0.39 is 0 Å². The fourth-order valence-electron chi connectivity index (χ4n) is 3.49. The second-order valence-electron chi connectivity index (χ2n) is 6.49. The number of hydrogen-bond acceptors (Lipinski definition) is 2. The average molecular weight is 274 g/mol. The molecule has 0 aromatic heterocycles. The van der Waals surface area contributed by atoms with Gasteiger partial charge in [-0.1, -0.05) is 44.7 Å². The van der Waals surface area contributed by atoms with E-state index >= 15 is 0 Å². The van der Waals surface area contributed by atoms with Crippen LogP contribution in [0.1, 0.15) is 51.0 Å². The molecule has 1 aromatic rings. The Labute approximate surface area is 124 Å². The lowest BCUT2D eigenvalue weighted by Gasteiger charge is -2.36. The summed E-state index contributed by atoms with van der Waals surface area (Å²) in [6.07, 6.45) is 9.16. The van der Waals surface area contributed by atoms with Crippen LogP contribution in [-0.4, -0.2) is 20.1 Å². The van der Waals surface area contributed by atoms with E-state index in [-0.39, 0.29) is 0 Å². The molecule has 0 spiro atoms. The molecule has 1 fully saturated rings. The van der Waals surface area contributed by atoms with Gasteiger partial charge < -0.3 is 10.6 Å². The van der Waals surface area contributed by atoms with E-state index in [2.05, 4.69) is 43.1 Å². The third kappa shape index (κ3) is 3.76. The summed E-state index contributed by atoms with van der Waals surface area (Å²) in [7, 11) is 2.21. The van der Waals surface area contributed by atoms with E-state index in [1.165, 1.54) is 49.8 Å². The van der Waals surface area contributed by atoms with Crippen molar-refractivity contribution < 1.29 is 0 Å². The Bertz CT molecular complexity index is 388. The molecule has 0 heterocycles. The van der Waals surface area contributed by atoms with E-state index in [0.29, 0.717) is 5.41 Å². The SMILES string of the molecule is CCc1ccc(N(C)CC2(CN)CCCCCC2)cc1. The van der Waals surface area contributed by atoms with Crippen LogP contribution in [0.3, 0.4) is 0 Å². The molecular formula is C18H30N2. The van der Waals surface area contributed by atoms with Gasteiger partial charge in [0.2, 0.25) is 0 Å². The molecule has 1 saturated carbocycles. The van der Waals surface area contributed by atoms with Gasteiger partial charge in [0.15, 0.2) is 0 Å². The summed E-state index contributed by atoms with van der Waals surface area (Å²) in [4.78, 5) is 2.40. The van der Waals surface area contributed by atoms with Crippen LogP contribution in [0.25, 0.3) is 0 Å². The Kier molecular flexibility index (Phi) is 5.47. The Balaban J connectivity index is 2.05. The van der Waals surface area contributed by atoms with Gasteiger partial charge in [0, 0.05) is 24.7 Å². The Morgan fingerprint density at radius 3 is 2.15 bits per heavy atom. The molecule has 0 radical (unpaired) electrons. The number of hydrogen-bond donors (Lipinski definition) is 1. The lowest BCUT2D eigenvalue weighted by Crippen LogP contribution is -2.41. The summed E-state index contributed by atoms with van der Waals surface area (Å²) in [6.45, 7) is 4.12. The fraction of sp³-hybridized carbons (Fsp3) is 0.667. The highest BCUT2D eigenvalue weighted by atomic mass is 15.1. The molecular weight excluding hydrogens is 244 g/mol. The van der Waals surface area contributed by atoms with Gasteiger partial charge in [-0.3, -0.25) is 0 Å². The Morgan fingerprint density at radius 2 is 1.65 bits per heavy atom. The van der Waals surface area contributed by atoms with Gasteiger partial charge >= 0.3 is 0 Å². The Hall–Kier alpha value is -1.02. The van der Waals surface area contributed by atoms with Crippen molar-refractivity contribution in [3.63, 3.8) is 0 Å². The van der Waals surface area contributed by atoms with Crippen LogP contribution >= 0.6 is 0 Å². The standard InChI is InChI=1S/C18H30N2/c1-3-16-8-10-17(11-9-16)20(2)15-18(14-19)12-6-4-5-7-13-18/h8-11H,3-7,12-15,19H2,1-2H3. The van der Waals surface area contributed by atoms with E-state index in [9.17, 15) is 0 Å². The summed E-state index contributed by atoms with van der Waals surface area (Å²) in [5, 5.41) is 0. The molecule has 2 nitrogen and oxygen atoms in total. The summed E-state index contributed by atoms with van der Waals surface area (Å²) in [5.41, 5.74) is 9.21. The second kappa shape index (κ2) is 7.12. The van der Waals surface area contributed by atoms with Gasteiger partial charge in [0.05, 0.1) is 0 Å². The molecule has 0 amide bonds. The average Bonchev–Trinajstić information content (AvgIpc) is 2.73. The van der Waals surface area contributed by atoms with E-state index in [0.717, 1.165) is 19.5 Å². The summed E-state index contributed by atoms with van der Waals surface area (Å²) in [5.74, 6) is 0. The monoisotopic (exact) mass is 274 g/mol. The number of anilines is 1. The van der Waals surface area contributed by atoms with Crippen LogP contribution in [0.5, 0.6) is 0 Å². The van der Waals surface area contributed by atoms with Gasteiger partial charge in [-0.2, -0.15) is 0 Å². The van der Waals surface area contributed by atoms with Crippen LogP contribution in [0, 0.1) is 5.41 Å². The molecule has 2 rings (SSSR count). The Morgan fingerprint density at radius 1 is 1.05 bits per heavy atom. The van der Waals surface area contributed by atoms with Crippen LogP contribution in [0.2, 0.25) is 0 Å². The van der Waals surface area contributed by atoms with Crippen molar-refractivity contribution in [2.24, 2.45) is 11.1 Å². The van der Waals surface area contributed by atoms with E-state index in [4.69, 9.17) is 5.73 Å². The molecule has 0 saturated heterocycles. The molecule has 1 aromatic carbocycles. The predicted molar refractivity (Wildman–Crippen MR) is 88.3 cm³/mol. The maximum atomic E-state index is 6.15. The number of aryl methyl sites for hydroxylation is 1. The number of benzene rings is 1. The first-order valence-corrected chi connectivity index (χ1v) is 8.19. The lowest BCUT2D eigenvalue weighted by atomic mass is 9.80.